The molecule has 2 N–H and O–H groups in total. The largest absolute Gasteiger partial charge is 0.388 e. The Morgan fingerprint density at radius 1 is 1.30 bits per heavy atom. The van der Waals surface area contributed by atoms with Crippen LogP contribution in [0.15, 0.2) is 30.3 Å². The third-order valence-electron chi connectivity index (χ3n) is 4.09. The zero-order valence-electron chi connectivity index (χ0n) is 11.9. The van der Waals surface area contributed by atoms with Crippen molar-refractivity contribution in [3.63, 3.8) is 0 Å². The minimum absolute atomic E-state index is 0.0514. The molecule has 1 fully saturated rings. The van der Waals surface area contributed by atoms with Crippen LogP contribution in [0.2, 0.25) is 0 Å². The normalized spacial score (nSPS) is 16.5. The summed E-state index contributed by atoms with van der Waals surface area (Å²) < 4.78 is 0. The number of anilines is 1. The van der Waals surface area contributed by atoms with Crippen molar-refractivity contribution in [1.82, 2.24) is 10.3 Å². The number of rotatable bonds is 3. The van der Waals surface area contributed by atoms with Crippen molar-refractivity contribution in [2.45, 2.75) is 31.7 Å². The molecule has 1 amide bonds. The number of carbonyl (C=O) groups excluding carboxylic acids is 1. The van der Waals surface area contributed by atoms with E-state index in [0.717, 1.165) is 29.4 Å². The Morgan fingerprint density at radius 2 is 2.05 bits per heavy atom. The van der Waals surface area contributed by atoms with Crippen molar-refractivity contribution in [3.8, 4) is 0 Å². The third-order valence-corrected chi connectivity index (χ3v) is 4.09. The van der Waals surface area contributed by atoms with E-state index in [2.05, 4.69) is 22.5 Å². The summed E-state index contributed by atoms with van der Waals surface area (Å²) in [6.45, 7) is 2.09. The summed E-state index contributed by atoms with van der Waals surface area (Å²) in [7, 11) is 1.86. The van der Waals surface area contributed by atoms with E-state index in [-0.39, 0.29) is 11.4 Å². The number of hydrogen-bond acceptors (Lipinski definition) is 3. The van der Waals surface area contributed by atoms with Gasteiger partial charge in [0, 0.05) is 23.7 Å². The number of amides is 1. The Balaban J connectivity index is 1.96. The van der Waals surface area contributed by atoms with Gasteiger partial charge in [-0.2, -0.15) is 0 Å². The first-order valence-electron chi connectivity index (χ1n) is 7.01. The topological polar surface area (TPSA) is 54.0 Å². The summed E-state index contributed by atoms with van der Waals surface area (Å²) in [5.74, 6) is -0.0885. The number of nitrogens with zero attached hydrogens (tertiary/aromatic N) is 1. The van der Waals surface area contributed by atoms with Gasteiger partial charge in [-0.15, -0.1) is 0 Å². The Labute approximate surface area is 118 Å². The molecule has 2 aromatic rings. The lowest BCUT2D eigenvalue weighted by Crippen LogP contribution is -2.51. The van der Waals surface area contributed by atoms with Crippen molar-refractivity contribution in [3.05, 3.63) is 36.0 Å². The molecule has 1 heterocycles. The van der Waals surface area contributed by atoms with Gasteiger partial charge in [0.25, 0.3) is 5.91 Å². The molecule has 1 aromatic heterocycles. The first-order chi connectivity index (χ1) is 9.61. The van der Waals surface area contributed by atoms with E-state index in [1.165, 1.54) is 6.42 Å². The average molecular weight is 269 g/mol. The minimum Gasteiger partial charge on any atom is -0.388 e. The number of pyridine rings is 1. The van der Waals surface area contributed by atoms with Crippen LogP contribution in [0.25, 0.3) is 10.9 Å². The Hall–Kier alpha value is -2.10. The summed E-state index contributed by atoms with van der Waals surface area (Å²) in [5.41, 5.74) is 2.19. The average Bonchev–Trinajstić information content (AvgIpc) is 2.44. The lowest BCUT2D eigenvalue weighted by atomic mass is 9.78. The Morgan fingerprint density at radius 3 is 2.70 bits per heavy atom. The zero-order valence-corrected chi connectivity index (χ0v) is 11.9. The van der Waals surface area contributed by atoms with Crippen LogP contribution < -0.4 is 10.6 Å². The Kier molecular flexibility index (Phi) is 3.08. The molecule has 3 rings (SSSR count). The van der Waals surface area contributed by atoms with Crippen LogP contribution in [0.3, 0.4) is 0 Å². The monoisotopic (exact) mass is 269 g/mol. The van der Waals surface area contributed by atoms with Gasteiger partial charge in [-0.25, -0.2) is 4.98 Å². The number of benzene rings is 1. The van der Waals surface area contributed by atoms with Crippen molar-refractivity contribution in [1.29, 1.82) is 0 Å². The van der Waals surface area contributed by atoms with Crippen LogP contribution in [0, 0.1) is 0 Å². The summed E-state index contributed by atoms with van der Waals surface area (Å²) in [6.07, 6.45) is 3.28. The highest BCUT2D eigenvalue weighted by Gasteiger charge is 2.33. The highest BCUT2D eigenvalue weighted by atomic mass is 16.2. The third kappa shape index (κ3) is 2.22. The van der Waals surface area contributed by atoms with Crippen LogP contribution >= 0.6 is 0 Å². The van der Waals surface area contributed by atoms with Gasteiger partial charge in [0.1, 0.15) is 5.69 Å². The van der Waals surface area contributed by atoms with Crippen LogP contribution in [0.1, 0.15) is 36.7 Å². The molecule has 0 aliphatic heterocycles. The van der Waals surface area contributed by atoms with Gasteiger partial charge in [0.2, 0.25) is 0 Å². The summed E-state index contributed by atoms with van der Waals surface area (Å²) in [5, 5.41) is 7.26. The minimum atomic E-state index is -0.0885. The van der Waals surface area contributed by atoms with Crippen molar-refractivity contribution < 1.29 is 4.79 Å². The van der Waals surface area contributed by atoms with E-state index >= 15 is 0 Å². The summed E-state index contributed by atoms with van der Waals surface area (Å²) >= 11 is 0. The molecule has 0 radical (unpaired) electrons. The van der Waals surface area contributed by atoms with E-state index in [1.807, 2.05) is 37.4 Å². The van der Waals surface area contributed by atoms with Crippen LogP contribution in [0.4, 0.5) is 5.69 Å². The van der Waals surface area contributed by atoms with Crippen LogP contribution in [-0.4, -0.2) is 23.5 Å². The molecule has 0 saturated heterocycles. The number of aromatic nitrogens is 1. The van der Waals surface area contributed by atoms with Gasteiger partial charge in [0.05, 0.1) is 5.52 Å². The molecule has 1 aliphatic carbocycles. The van der Waals surface area contributed by atoms with Gasteiger partial charge in [-0.3, -0.25) is 4.79 Å². The van der Waals surface area contributed by atoms with E-state index in [0.29, 0.717) is 5.69 Å². The number of fused-ring (bicyclic) bond motifs is 1. The molecular weight excluding hydrogens is 250 g/mol. The van der Waals surface area contributed by atoms with E-state index in [1.54, 1.807) is 0 Å². The van der Waals surface area contributed by atoms with Gasteiger partial charge in [0.15, 0.2) is 0 Å². The molecule has 0 spiro atoms. The second kappa shape index (κ2) is 4.78. The van der Waals surface area contributed by atoms with Gasteiger partial charge < -0.3 is 10.6 Å². The molecule has 1 aliphatic rings. The van der Waals surface area contributed by atoms with Crippen LogP contribution in [-0.2, 0) is 0 Å². The van der Waals surface area contributed by atoms with Gasteiger partial charge in [-0.1, -0.05) is 18.2 Å². The summed E-state index contributed by atoms with van der Waals surface area (Å²) in [6, 6.07) is 9.66. The van der Waals surface area contributed by atoms with Crippen molar-refractivity contribution >= 4 is 22.5 Å². The second-order valence-electron chi connectivity index (χ2n) is 5.69. The fraction of sp³-hybridized carbons (Fsp3) is 0.375. The van der Waals surface area contributed by atoms with Gasteiger partial charge in [-0.05, 0) is 38.3 Å². The predicted molar refractivity (Wildman–Crippen MR) is 81.0 cm³/mol. The zero-order chi connectivity index (χ0) is 14.2. The molecular formula is C16H19N3O. The standard InChI is InChI=1S/C16H19N3O/c1-16(8-5-9-16)19-15(20)14-10-13(17-2)11-6-3-4-7-12(11)18-14/h3-4,6-7,10H,5,8-9H2,1-2H3,(H,17,18)(H,19,20). The Bertz CT molecular complexity index is 662. The SMILES string of the molecule is CNc1cc(C(=O)NC2(C)CCC2)nc2ccccc12. The van der Waals surface area contributed by atoms with E-state index in [4.69, 9.17) is 0 Å². The molecule has 104 valence electrons. The summed E-state index contributed by atoms with van der Waals surface area (Å²) in [4.78, 5) is 16.8. The van der Waals surface area contributed by atoms with E-state index in [9.17, 15) is 4.79 Å². The molecule has 4 heteroatoms. The molecule has 1 aromatic carbocycles. The second-order valence-corrected chi connectivity index (χ2v) is 5.69. The first-order valence-corrected chi connectivity index (χ1v) is 7.01. The molecule has 20 heavy (non-hydrogen) atoms. The maximum atomic E-state index is 12.4. The molecule has 4 nitrogen and oxygen atoms in total. The number of carbonyl (C=O) groups is 1. The smallest absolute Gasteiger partial charge is 0.270 e. The van der Waals surface area contributed by atoms with Crippen molar-refractivity contribution in [2.24, 2.45) is 0 Å². The quantitative estimate of drug-likeness (QED) is 0.900. The molecule has 0 bridgehead atoms. The van der Waals surface area contributed by atoms with Gasteiger partial charge >= 0.3 is 0 Å². The molecule has 1 saturated carbocycles. The highest BCUT2D eigenvalue weighted by Crippen LogP contribution is 2.31. The van der Waals surface area contributed by atoms with Crippen molar-refractivity contribution in [2.75, 3.05) is 12.4 Å². The molecule has 0 atom stereocenters. The number of nitrogens with one attached hydrogen (secondary N) is 2. The molecule has 0 unspecified atom stereocenters. The maximum absolute atomic E-state index is 12.4. The van der Waals surface area contributed by atoms with E-state index < -0.39 is 0 Å². The van der Waals surface area contributed by atoms with Crippen LogP contribution in [0.5, 0.6) is 0 Å². The highest BCUT2D eigenvalue weighted by molar-refractivity contribution is 6.00. The first kappa shape index (κ1) is 12.9. The number of hydrogen-bond donors (Lipinski definition) is 2. The fourth-order valence-corrected chi connectivity index (χ4v) is 2.67. The predicted octanol–water partition coefficient (Wildman–Crippen LogP) is 2.95. The number of para-hydroxylation sites is 1. The maximum Gasteiger partial charge on any atom is 0.270 e. The fourth-order valence-electron chi connectivity index (χ4n) is 2.67. The lowest BCUT2D eigenvalue weighted by molar-refractivity contribution is 0.0845. The lowest BCUT2D eigenvalue weighted by Gasteiger charge is -2.39.